The van der Waals surface area contributed by atoms with Gasteiger partial charge in [-0.2, -0.15) is 0 Å². The second-order valence-electron chi connectivity index (χ2n) is 6.83. The Hall–Kier alpha value is -1.46. The summed E-state index contributed by atoms with van der Waals surface area (Å²) in [6, 6.07) is 6.58. The highest BCUT2D eigenvalue weighted by Gasteiger charge is 2.27. The Morgan fingerprint density at radius 3 is 2.71 bits per heavy atom. The van der Waals surface area contributed by atoms with E-state index in [-0.39, 0.29) is 17.6 Å². The first-order valence-corrected chi connectivity index (χ1v) is 9.06. The highest BCUT2D eigenvalue weighted by Crippen LogP contribution is 2.27. The second kappa shape index (κ2) is 8.58. The van der Waals surface area contributed by atoms with Gasteiger partial charge in [0.15, 0.2) is 0 Å². The number of benzene rings is 1. The van der Waals surface area contributed by atoms with Gasteiger partial charge in [-0.3, -0.25) is 9.69 Å². The molecule has 0 N–H and O–H groups in total. The van der Waals surface area contributed by atoms with Crippen LogP contribution in [-0.2, 0) is 16.1 Å². The summed E-state index contributed by atoms with van der Waals surface area (Å²) in [4.78, 5) is 17.2. The number of carbonyl (C=O) groups excluding carboxylic acids is 1. The van der Waals surface area contributed by atoms with Crippen molar-refractivity contribution in [2.45, 2.75) is 32.2 Å². The predicted molar refractivity (Wildman–Crippen MR) is 91.0 cm³/mol. The van der Waals surface area contributed by atoms with Crippen LogP contribution >= 0.6 is 0 Å². The van der Waals surface area contributed by atoms with E-state index >= 15 is 0 Å². The summed E-state index contributed by atoms with van der Waals surface area (Å²) in [5, 5.41) is 0. The molecule has 0 radical (unpaired) electrons. The fourth-order valence-corrected chi connectivity index (χ4v) is 3.64. The average molecular weight is 334 g/mol. The van der Waals surface area contributed by atoms with Gasteiger partial charge in [0.2, 0.25) is 5.91 Å². The number of amides is 1. The molecule has 4 nitrogen and oxygen atoms in total. The molecule has 132 valence electrons. The van der Waals surface area contributed by atoms with E-state index in [1.165, 1.54) is 12.1 Å². The largest absolute Gasteiger partial charge is 0.379 e. The van der Waals surface area contributed by atoms with Crippen LogP contribution in [-0.4, -0.2) is 55.1 Å². The molecule has 3 rings (SSSR count). The van der Waals surface area contributed by atoms with Crippen molar-refractivity contribution < 1.29 is 13.9 Å². The maximum Gasteiger partial charge on any atom is 0.226 e. The number of carbonyl (C=O) groups is 1. The quantitative estimate of drug-likeness (QED) is 0.802. The molecule has 2 fully saturated rings. The van der Waals surface area contributed by atoms with Gasteiger partial charge in [0.1, 0.15) is 5.82 Å². The van der Waals surface area contributed by atoms with Gasteiger partial charge in [0.25, 0.3) is 0 Å². The molecule has 1 aliphatic heterocycles. The number of hydrogen-bond acceptors (Lipinski definition) is 3. The van der Waals surface area contributed by atoms with E-state index in [2.05, 4.69) is 4.90 Å². The van der Waals surface area contributed by atoms with Crippen LogP contribution in [0, 0.1) is 11.7 Å². The molecule has 0 bridgehead atoms. The molecule has 0 unspecified atom stereocenters. The lowest BCUT2D eigenvalue weighted by molar-refractivity contribution is -0.136. The Kier molecular flexibility index (Phi) is 6.21. The normalized spacial score (nSPS) is 19.5. The molecule has 0 aromatic heterocycles. The molecular formula is C19H27FN2O2. The first-order valence-electron chi connectivity index (χ1n) is 9.06. The molecule has 0 atom stereocenters. The fourth-order valence-electron chi connectivity index (χ4n) is 3.64. The third kappa shape index (κ3) is 4.77. The maximum atomic E-state index is 13.5. The van der Waals surface area contributed by atoms with E-state index in [4.69, 9.17) is 4.74 Å². The molecule has 0 spiro atoms. The Morgan fingerprint density at radius 2 is 2.00 bits per heavy atom. The first kappa shape index (κ1) is 17.4. The number of hydrogen-bond donors (Lipinski definition) is 0. The monoisotopic (exact) mass is 334 g/mol. The van der Waals surface area contributed by atoms with E-state index in [9.17, 15) is 9.18 Å². The van der Waals surface area contributed by atoms with Crippen molar-refractivity contribution in [1.82, 2.24) is 9.80 Å². The van der Waals surface area contributed by atoms with Gasteiger partial charge in [-0.25, -0.2) is 4.39 Å². The highest BCUT2D eigenvalue weighted by atomic mass is 19.1. The Bertz CT molecular complexity index is 540. The topological polar surface area (TPSA) is 32.8 Å². The summed E-state index contributed by atoms with van der Waals surface area (Å²) in [6.07, 6.45) is 4.29. The van der Waals surface area contributed by atoms with E-state index in [1.54, 1.807) is 6.07 Å². The van der Waals surface area contributed by atoms with E-state index in [1.807, 2.05) is 11.0 Å². The zero-order valence-corrected chi connectivity index (χ0v) is 14.3. The van der Waals surface area contributed by atoms with Gasteiger partial charge in [0.05, 0.1) is 13.2 Å². The van der Waals surface area contributed by atoms with Crippen LogP contribution in [0.1, 0.15) is 31.2 Å². The maximum absolute atomic E-state index is 13.5. The molecular weight excluding hydrogens is 307 g/mol. The molecule has 1 saturated heterocycles. The lowest BCUT2D eigenvalue weighted by Gasteiger charge is -2.31. The highest BCUT2D eigenvalue weighted by molar-refractivity contribution is 5.79. The van der Waals surface area contributed by atoms with Crippen molar-refractivity contribution in [2.75, 3.05) is 39.4 Å². The SMILES string of the molecule is O=C(C1CCCC1)N(CCN1CCOCC1)Cc1cccc(F)c1. The van der Waals surface area contributed by atoms with Gasteiger partial charge < -0.3 is 9.64 Å². The predicted octanol–water partition coefficient (Wildman–Crippen LogP) is 2.68. The molecule has 1 amide bonds. The third-order valence-electron chi connectivity index (χ3n) is 5.07. The van der Waals surface area contributed by atoms with E-state index in [0.29, 0.717) is 13.1 Å². The lowest BCUT2D eigenvalue weighted by atomic mass is 10.1. The smallest absolute Gasteiger partial charge is 0.226 e. The first-order chi connectivity index (χ1) is 11.7. The van der Waals surface area contributed by atoms with Crippen LogP contribution in [0.15, 0.2) is 24.3 Å². The van der Waals surface area contributed by atoms with Crippen molar-refractivity contribution in [3.05, 3.63) is 35.6 Å². The lowest BCUT2D eigenvalue weighted by Crippen LogP contribution is -2.44. The second-order valence-corrected chi connectivity index (χ2v) is 6.83. The molecule has 2 aliphatic rings. The molecule has 1 aromatic carbocycles. The summed E-state index contributed by atoms with van der Waals surface area (Å²) in [6.45, 7) is 5.43. The minimum absolute atomic E-state index is 0.156. The Labute approximate surface area is 143 Å². The van der Waals surface area contributed by atoms with Crippen molar-refractivity contribution in [3.63, 3.8) is 0 Å². The van der Waals surface area contributed by atoms with E-state index < -0.39 is 0 Å². The number of halogens is 1. The van der Waals surface area contributed by atoms with Crippen LogP contribution in [0.25, 0.3) is 0 Å². The Morgan fingerprint density at radius 1 is 1.25 bits per heavy atom. The number of morpholine rings is 1. The van der Waals surface area contributed by atoms with Crippen molar-refractivity contribution in [2.24, 2.45) is 5.92 Å². The Balaban J connectivity index is 1.63. The minimum Gasteiger partial charge on any atom is -0.379 e. The summed E-state index contributed by atoms with van der Waals surface area (Å²) >= 11 is 0. The van der Waals surface area contributed by atoms with Gasteiger partial charge in [-0.15, -0.1) is 0 Å². The van der Waals surface area contributed by atoms with Gasteiger partial charge in [0, 0.05) is 38.6 Å². The number of rotatable bonds is 6. The molecule has 1 heterocycles. The van der Waals surface area contributed by atoms with Crippen LogP contribution in [0.5, 0.6) is 0 Å². The third-order valence-corrected chi connectivity index (χ3v) is 5.07. The summed E-state index contributed by atoms with van der Waals surface area (Å²) < 4.78 is 18.9. The zero-order chi connectivity index (χ0) is 16.8. The van der Waals surface area contributed by atoms with Crippen molar-refractivity contribution in [3.8, 4) is 0 Å². The van der Waals surface area contributed by atoms with E-state index in [0.717, 1.165) is 64.1 Å². The molecule has 5 heteroatoms. The minimum atomic E-state index is -0.242. The summed E-state index contributed by atoms with van der Waals surface area (Å²) in [5.74, 6) is 0.155. The van der Waals surface area contributed by atoms with Crippen molar-refractivity contribution in [1.29, 1.82) is 0 Å². The molecule has 1 aromatic rings. The van der Waals surface area contributed by atoms with Gasteiger partial charge in [-0.05, 0) is 30.5 Å². The zero-order valence-electron chi connectivity index (χ0n) is 14.3. The van der Waals surface area contributed by atoms with Gasteiger partial charge in [-0.1, -0.05) is 25.0 Å². The van der Waals surface area contributed by atoms with Crippen LogP contribution in [0.2, 0.25) is 0 Å². The average Bonchev–Trinajstić information content (AvgIpc) is 3.13. The van der Waals surface area contributed by atoms with Crippen LogP contribution < -0.4 is 0 Å². The summed E-state index contributed by atoms with van der Waals surface area (Å²) in [5.41, 5.74) is 0.864. The standard InChI is InChI=1S/C19H27FN2O2/c20-18-7-3-4-16(14-18)15-22(19(23)17-5-1-2-6-17)9-8-21-10-12-24-13-11-21/h3-4,7,14,17H,1-2,5-6,8-13,15H2. The van der Waals surface area contributed by atoms with Crippen LogP contribution in [0.3, 0.4) is 0 Å². The molecule has 1 aliphatic carbocycles. The van der Waals surface area contributed by atoms with Crippen LogP contribution in [0.4, 0.5) is 4.39 Å². The van der Waals surface area contributed by atoms with Gasteiger partial charge >= 0.3 is 0 Å². The fraction of sp³-hybridized carbons (Fsp3) is 0.632. The molecule has 24 heavy (non-hydrogen) atoms. The molecule has 1 saturated carbocycles. The number of ether oxygens (including phenoxy) is 1. The summed E-state index contributed by atoms with van der Waals surface area (Å²) in [7, 11) is 0. The van der Waals surface area contributed by atoms with Crippen molar-refractivity contribution >= 4 is 5.91 Å². The number of nitrogens with zero attached hydrogens (tertiary/aromatic N) is 2.